The van der Waals surface area contributed by atoms with Crippen molar-refractivity contribution in [3.8, 4) is 6.07 Å². The van der Waals surface area contributed by atoms with Gasteiger partial charge in [0.15, 0.2) is 0 Å². The number of nitriles is 1. The van der Waals surface area contributed by atoms with Crippen molar-refractivity contribution in [2.75, 3.05) is 29.9 Å². The molecule has 0 saturated carbocycles. The molecule has 0 aliphatic carbocycles. The Morgan fingerprint density at radius 1 is 1.38 bits per heavy atom. The highest BCUT2D eigenvalue weighted by Gasteiger charge is 2.16. The summed E-state index contributed by atoms with van der Waals surface area (Å²) in [6.07, 6.45) is 1.42. The van der Waals surface area contributed by atoms with Crippen LogP contribution in [0.4, 0.5) is 11.6 Å². The van der Waals surface area contributed by atoms with E-state index in [9.17, 15) is 0 Å². The molecular weight excluding hydrogens is 307 g/mol. The van der Waals surface area contributed by atoms with E-state index in [4.69, 9.17) is 28.5 Å². The van der Waals surface area contributed by atoms with Gasteiger partial charge < -0.3 is 10.2 Å². The molecule has 4 nitrogen and oxygen atoms in total. The predicted octanol–water partition coefficient (Wildman–Crippen LogP) is 4.59. The van der Waals surface area contributed by atoms with Crippen molar-refractivity contribution in [1.82, 2.24) is 4.98 Å². The first kappa shape index (κ1) is 17.9. The Morgan fingerprint density at radius 3 is 2.67 bits per heavy atom. The third kappa shape index (κ3) is 5.61. The highest BCUT2D eigenvalue weighted by Crippen LogP contribution is 2.32. The van der Waals surface area contributed by atoms with Gasteiger partial charge in [0, 0.05) is 19.6 Å². The monoisotopic (exact) mass is 328 g/mol. The molecule has 116 valence electrons. The Morgan fingerprint density at radius 2 is 2.10 bits per heavy atom. The Hall–Kier alpha value is -1.18. The third-order valence-corrected chi connectivity index (χ3v) is 3.40. The van der Waals surface area contributed by atoms with Crippen molar-refractivity contribution in [2.45, 2.75) is 33.6 Å². The molecule has 0 atom stereocenters. The summed E-state index contributed by atoms with van der Waals surface area (Å²) in [7, 11) is 0. The number of anilines is 2. The summed E-state index contributed by atoms with van der Waals surface area (Å²) in [5.41, 5.74) is 0. The van der Waals surface area contributed by atoms with Gasteiger partial charge in [-0.1, -0.05) is 44.0 Å². The summed E-state index contributed by atoms with van der Waals surface area (Å²) in [5.74, 6) is 1.77. The number of hydrogen-bond donors (Lipinski definition) is 1. The first-order chi connectivity index (χ1) is 9.99. The number of rotatable bonds is 8. The largest absolute Gasteiger partial charge is 0.369 e. The van der Waals surface area contributed by atoms with Crippen LogP contribution in [-0.2, 0) is 0 Å². The van der Waals surface area contributed by atoms with E-state index in [2.05, 4.69) is 37.1 Å². The van der Waals surface area contributed by atoms with Crippen LogP contribution in [0.1, 0.15) is 33.6 Å². The zero-order valence-electron chi connectivity index (χ0n) is 12.8. The summed E-state index contributed by atoms with van der Waals surface area (Å²) >= 11 is 12.5. The van der Waals surface area contributed by atoms with Gasteiger partial charge >= 0.3 is 0 Å². The molecule has 1 N–H and O–H groups in total. The molecule has 0 spiro atoms. The van der Waals surface area contributed by atoms with Crippen LogP contribution >= 0.6 is 23.2 Å². The van der Waals surface area contributed by atoms with Gasteiger partial charge in [-0.25, -0.2) is 4.98 Å². The molecule has 0 amide bonds. The smallest absolute Gasteiger partial charge is 0.149 e. The second-order valence-electron chi connectivity index (χ2n) is 5.30. The lowest BCUT2D eigenvalue weighted by Crippen LogP contribution is -2.30. The van der Waals surface area contributed by atoms with E-state index in [0.717, 1.165) is 19.5 Å². The molecule has 1 heterocycles. The van der Waals surface area contributed by atoms with E-state index >= 15 is 0 Å². The fourth-order valence-electron chi connectivity index (χ4n) is 1.96. The minimum absolute atomic E-state index is 0.436. The maximum absolute atomic E-state index is 8.82. The van der Waals surface area contributed by atoms with Crippen LogP contribution < -0.4 is 10.2 Å². The van der Waals surface area contributed by atoms with E-state index in [1.807, 2.05) is 4.90 Å². The van der Waals surface area contributed by atoms with Gasteiger partial charge in [-0.05, 0) is 18.4 Å². The topological polar surface area (TPSA) is 52.0 Å². The van der Waals surface area contributed by atoms with Gasteiger partial charge in [-0.2, -0.15) is 5.26 Å². The zero-order chi connectivity index (χ0) is 15.8. The first-order valence-corrected chi connectivity index (χ1v) is 7.97. The van der Waals surface area contributed by atoms with E-state index in [-0.39, 0.29) is 0 Å². The van der Waals surface area contributed by atoms with Gasteiger partial charge in [-0.3, -0.25) is 0 Å². The molecule has 0 radical (unpaired) electrons. The molecule has 0 unspecified atom stereocenters. The highest BCUT2D eigenvalue weighted by atomic mass is 35.5. The van der Waals surface area contributed by atoms with Crippen LogP contribution in [0.2, 0.25) is 10.0 Å². The highest BCUT2D eigenvalue weighted by molar-refractivity contribution is 6.37. The molecular formula is C15H22Cl2N4. The molecule has 0 fully saturated rings. The average molecular weight is 329 g/mol. The summed E-state index contributed by atoms with van der Waals surface area (Å²) in [6.45, 7) is 8.53. The van der Waals surface area contributed by atoms with Crippen molar-refractivity contribution in [3.63, 3.8) is 0 Å². The van der Waals surface area contributed by atoms with Crippen LogP contribution in [0.3, 0.4) is 0 Å². The molecule has 0 bridgehead atoms. The molecule has 1 aromatic rings. The van der Waals surface area contributed by atoms with Crippen molar-refractivity contribution >= 4 is 34.8 Å². The Kier molecular flexibility index (Phi) is 7.63. The van der Waals surface area contributed by atoms with Crippen molar-refractivity contribution in [3.05, 3.63) is 16.1 Å². The lowest BCUT2D eigenvalue weighted by Gasteiger charge is -2.26. The fraction of sp³-hybridized carbons (Fsp3) is 0.600. The maximum Gasteiger partial charge on any atom is 0.149 e. The lowest BCUT2D eigenvalue weighted by molar-refractivity contribution is 0.608. The number of pyridine rings is 1. The Labute approximate surface area is 137 Å². The average Bonchev–Trinajstić information content (AvgIpc) is 2.42. The Balaban J connectivity index is 3.07. The Bertz CT molecular complexity index is 497. The van der Waals surface area contributed by atoms with Crippen LogP contribution in [0, 0.1) is 17.2 Å². The van der Waals surface area contributed by atoms with E-state index in [1.165, 1.54) is 0 Å². The molecule has 1 aromatic heterocycles. The SMILES string of the molecule is CCCNc1nc(N(CCC#N)CC(C)C)c(Cl)cc1Cl. The van der Waals surface area contributed by atoms with Gasteiger partial charge in [0.05, 0.1) is 22.5 Å². The maximum atomic E-state index is 8.82. The minimum atomic E-state index is 0.436. The molecule has 0 saturated heterocycles. The molecule has 0 aliphatic heterocycles. The normalized spacial score (nSPS) is 10.5. The summed E-state index contributed by atoms with van der Waals surface area (Å²) in [5, 5.41) is 13.0. The molecule has 21 heavy (non-hydrogen) atoms. The predicted molar refractivity (Wildman–Crippen MR) is 90.3 cm³/mol. The number of halogens is 2. The van der Waals surface area contributed by atoms with Crippen LogP contribution in [0.15, 0.2) is 6.07 Å². The molecule has 0 aliphatic rings. The summed E-state index contributed by atoms with van der Waals surface area (Å²) in [6, 6.07) is 3.88. The van der Waals surface area contributed by atoms with Crippen LogP contribution in [0.25, 0.3) is 0 Å². The quantitative estimate of drug-likeness (QED) is 0.758. The van der Waals surface area contributed by atoms with E-state index < -0.39 is 0 Å². The van der Waals surface area contributed by atoms with Gasteiger partial charge in [0.2, 0.25) is 0 Å². The minimum Gasteiger partial charge on any atom is -0.369 e. The number of aromatic nitrogens is 1. The van der Waals surface area contributed by atoms with E-state index in [1.54, 1.807) is 6.07 Å². The second-order valence-corrected chi connectivity index (χ2v) is 6.11. The molecule has 6 heteroatoms. The lowest BCUT2D eigenvalue weighted by atomic mass is 10.2. The van der Waals surface area contributed by atoms with Crippen molar-refractivity contribution in [2.24, 2.45) is 5.92 Å². The van der Waals surface area contributed by atoms with Gasteiger partial charge in [0.25, 0.3) is 0 Å². The summed E-state index contributed by atoms with van der Waals surface area (Å²) in [4.78, 5) is 6.60. The third-order valence-electron chi connectivity index (χ3n) is 2.83. The van der Waals surface area contributed by atoms with E-state index in [0.29, 0.717) is 40.6 Å². The van der Waals surface area contributed by atoms with Crippen LogP contribution in [0.5, 0.6) is 0 Å². The van der Waals surface area contributed by atoms with Crippen LogP contribution in [-0.4, -0.2) is 24.6 Å². The van der Waals surface area contributed by atoms with Gasteiger partial charge in [-0.15, -0.1) is 0 Å². The fourth-order valence-corrected chi connectivity index (χ4v) is 2.50. The summed E-state index contributed by atoms with van der Waals surface area (Å²) < 4.78 is 0. The number of hydrogen-bond acceptors (Lipinski definition) is 4. The standard InChI is InChI=1S/C15H22Cl2N4/c1-4-7-19-14-12(16)9-13(17)15(20-14)21(8-5-6-18)10-11(2)3/h9,11H,4-5,7-8,10H2,1-3H3,(H,19,20). The molecule has 1 rings (SSSR count). The zero-order valence-corrected chi connectivity index (χ0v) is 14.3. The van der Waals surface area contributed by atoms with Crippen molar-refractivity contribution in [1.29, 1.82) is 5.26 Å². The first-order valence-electron chi connectivity index (χ1n) is 7.21. The molecule has 0 aromatic carbocycles. The number of nitrogens with one attached hydrogen (secondary N) is 1. The van der Waals surface area contributed by atoms with Gasteiger partial charge in [0.1, 0.15) is 11.6 Å². The van der Waals surface area contributed by atoms with Crippen molar-refractivity contribution < 1.29 is 0 Å². The number of nitrogens with zero attached hydrogens (tertiary/aromatic N) is 3. The second kappa shape index (κ2) is 8.96.